The van der Waals surface area contributed by atoms with Crippen molar-refractivity contribution >= 4 is 23.6 Å². The fourth-order valence-corrected chi connectivity index (χ4v) is 4.97. The van der Waals surface area contributed by atoms with E-state index in [9.17, 15) is 19.1 Å². The molecule has 7 heteroatoms. The molecule has 1 amide bonds. The number of anilines is 2. The van der Waals surface area contributed by atoms with Crippen LogP contribution in [0, 0.1) is 5.82 Å². The molecule has 0 aromatic heterocycles. The van der Waals surface area contributed by atoms with Crippen LogP contribution in [0.3, 0.4) is 0 Å². The van der Waals surface area contributed by atoms with E-state index < -0.39 is 5.82 Å². The molecule has 2 heterocycles. The second kappa shape index (κ2) is 16.3. The standard InChI is InChI=1S/C13H10FNO2.C13H17NO.C8H15N/c14-12-4-2-1-3-10(12)11-7-9(15-8-16)5-6-13(11)17;1-11(15)12-5-7-13(8-6-12)14-9-3-2-4-10-14;1-8(2)7-9-5-3-4-6-9/h1-8,17H,(H,15,16);5-8H,2-4,9-10H2,1H3;1,3-7H2,2H3. The van der Waals surface area contributed by atoms with E-state index in [0.717, 1.165) is 25.2 Å². The highest BCUT2D eigenvalue weighted by molar-refractivity contribution is 5.94. The minimum absolute atomic E-state index is 0.0356. The predicted octanol–water partition coefficient (Wildman–Crippen LogP) is 7.30. The molecule has 41 heavy (non-hydrogen) atoms. The van der Waals surface area contributed by atoms with E-state index in [1.54, 1.807) is 25.1 Å². The Morgan fingerprint density at radius 3 is 2.12 bits per heavy atom. The molecule has 2 saturated heterocycles. The lowest BCUT2D eigenvalue weighted by molar-refractivity contribution is -0.105. The summed E-state index contributed by atoms with van der Waals surface area (Å²) >= 11 is 0. The molecule has 218 valence electrons. The molecule has 0 saturated carbocycles. The number of hydrogen-bond acceptors (Lipinski definition) is 5. The monoisotopic (exact) mass is 559 g/mol. The number of aromatic hydroxyl groups is 1. The van der Waals surface area contributed by atoms with Gasteiger partial charge in [-0.15, -0.1) is 0 Å². The normalized spacial score (nSPS) is 14.7. The number of carbonyl (C=O) groups is 2. The molecule has 3 aromatic carbocycles. The average Bonchev–Trinajstić information content (AvgIpc) is 3.48. The Morgan fingerprint density at radius 2 is 1.54 bits per heavy atom. The van der Waals surface area contributed by atoms with Gasteiger partial charge in [0.25, 0.3) is 0 Å². The van der Waals surface area contributed by atoms with E-state index in [-0.39, 0.29) is 11.5 Å². The number of nitrogens with one attached hydrogen (secondary N) is 1. The van der Waals surface area contributed by atoms with Crippen LogP contribution in [0.1, 0.15) is 56.3 Å². The quantitative estimate of drug-likeness (QED) is 0.138. The summed E-state index contributed by atoms with van der Waals surface area (Å²) < 4.78 is 13.6. The van der Waals surface area contributed by atoms with E-state index in [0.29, 0.717) is 23.2 Å². The molecule has 0 atom stereocenters. The zero-order chi connectivity index (χ0) is 29.6. The number of benzene rings is 3. The first-order valence-electron chi connectivity index (χ1n) is 14.3. The number of rotatable bonds is 7. The van der Waals surface area contributed by atoms with Gasteiger partial charge in [0.2, 0.25) is 6.41 Å². The number of piperidine rings is 1. The summed E-state index contributed by atoms with van der Waals surface area (Å²) in [4.78, 5) is 26.3. The number of halogens is 1. The highest BCUT2D eigenvalue weighted by atomic mass is 19.1. The topological polar surface area (TPSA) is 72.9 Å². The van der Waals surface area contributed by atoms with Crippen molar-refractivity contribution in [2.45, 2.75) is 46.0 Å². The molecule has 6 nitrogen and oxygen atoms in total. The summed E-state index contributed by atoms with van der Waals surface area (Å²) in [5.41, 5.74) is 4.47. The van der Waals surface area contributed by atoms with Crippen molar-refractivity contribution in [2.75, 3.05) is 42.9 Å². The Kier molecular flexibility index (Phi) is 12.6. The van der Waals surface area contributed by atoms with E-state index in [1.807, 2.05) is 12.1 Å². The van der Waals surface area contributed by atoms with Gasteiger partial charge in [0.1, 0.15) is 11.6 Å². The lowest BCUT2D eigenvalue weighted by atomic mass is 10.0. The minimum Gasteiger partial charge on any atom is -0.507 e. The maximum Gasteiger partial charge on any atom is 0.211 e. The van der Waals surface area contributed by atoms with Gasteiger partial charge in [0.05, 0.1) is 0 Å². The Hall–Kier alpha value is -3.97. The second-order valence-corrected chi connectivity index (χ2v) is 10.6. The number of Topliss-reactive ketones (excluding diaryl/α,β-unsaturated/α-hetero) is 1. The van der Waals surface area contributed by atoms with Crippen molar-refractivity contribution in [3.05, 3.63) is 90.3 Å². The fourth-order valence-electron chi connectivity index (χ4n) is 4.97. The first kappa shape index (κ1) is 31.6. The molecular formula is C34H42FN3O3. The lowest BCUT2D eigenvalue weighted by Gasteiger charge is -2.28. The molecular weight excluding hydrogens is 517 g/mol. The number of nitrogens with zero attached hydrogens (tertiary/aromatic N) is 2. The molecule has 2 aliphatic heterocycles. The van der Waals surface area contributed by atoms with Crippen molar-refractivity contribution < 1.29 is 19.1 Å². The van der Waals surface area contributed by atoms with Crippen LogP contribution in [0.25, 0.3) is 11.1 Å². The van der Waals surface area contributed by atoms with E-state index in [2.05, 4.69) is 40.8 Å². The zero-order valence-electron chi connectivity index (χ0n) is 24.2. The predicted molar refractivity (Wildman–Crippen MR) is 166 cm³/mol. The molecule has 0 bridgehead atoms. The third-order valence-corrected chi connectivity index (χ3v) is 7.07. The van der Waals surface area contributed by atoms with Gasteiger partial charge in [0.15, 0.2) is 5.78 Å². The van der Waals surface area contributed by atoms with Crippen LogP contribution in [0.5, 0.6) is 5.75 Å². The maximum atomic E-state index is 13.6. The molecule has 0 spiro atoms. The Bertz CT molecular complexity index is 1280. The number of carbonyl (C=O) groups excluding carboxylic acids is 2. The Balaban J connectivity index is 0.000000177. The summed E-state index contributed by atoms with van der Waals surface area (Å²) in [6.45, 7) is 13.6. The number of amides is 1. The van der Waals surface area contributed by atoms with Crippen LogP contribution >= 0.6 is 0 Å². The van der Waals surface area contributed by atoms with Gasteiger partial charge in [0, 0.05) is 47.7 Å². The number of phenolic OH excluding ortho intramolecular Hbond substituents is 1. The summed E-state index contributed by atoms with van der Waals surface area (Å²) in [6, 6.07) is 18.6. The van der Waals surface area contributed by atoms with Crippen LogP contribution in [-0.4, -0.2) is 54.9 Å². The summed E-state index contributed by atoms with van der Waals surface area (Å²) in [7, 11) is 0. The van der Waals surface area contributed by atoms with Crippen molar-refractivity contribution in [1.82, 2.24) is 4.90 Å². The van der Waals surface area contributed by atoms with Crippen molar-refractivity contribution in [2.24, 2.45) is 0 Å². The smallest absolute Gasteiger partial charge is 0.211 e. The van der Waals surface area contributed by atoms with Crippen LogP contribution in [0.15, 0.2) is 78.9 Å². The Morgan fingerprint density at radius 1 is 0.902 bits per heavy atom. The average molecular weight is 560 g/mol. The van der Waals surface area contributed by atoms with Gasteiger partial charge in [-0.3, -0.25) is 14.5 Å². The van der Waals surface area contributed by atoms with Gasteiger partial charge >= 0.3 is 0 Å². The van der Waals surface area contributed by atoms with E-state index >= 15 is 0 Å². The number of hydrogen-bond donors (Lipinski definition) is 2. The lowest BCUT2D eigenvalue weighted by Crippen LogP contribution is -2.29. The van der Waals surface area contributed by atoms with Crippen molar-refractivity contribution in [3.8, 4) is 16.9 Å². The molecule has 0 aliphatic carbocycles. The number of ketones is 1. The molecule has 2 aliphatic rings. The Labute approximate surface area is 243 Å². The third-order valence-electron chi connectivity index (χ3n) is 7.07. The largest absolute Gasteiger partial charge is 0.507 e. The number of likely N-dealkylation sites (tertiary alicyclic amines) is 1. The highest BCUT2D eigenvalue weighted by Gasteiger charge is 2.12. The van der Waals surface area contributed by atoms with Crippen LogP contribution in [0.2, 0.25) is 0 Å². The molecule has 2 N–H and O–H groups in total. The zero-order valence-corrected chi connectivity index (χ0v) is 24.2. The maximum absolute atomic E-state index is 13.6. The van der Waals surface area contributed by atoms with Gasteiger partial charge in [-0.1, -0.05) is 30.4 Å². The van der Waals surface area contributed by atoms with E-state index in [4.69, 9.17) is 0 Å². The second-order valence-electron chi connectivity index (χ2n) is 10.6. The van der Waals surface area contributed by atoms with Crippen molar-refractivity contribution in [3.63, 3.8) is 0 Å². The molecule has 3 aromatic rings. The summed E-state index contributed by atoms with van der Waals surface area (Å²) in [5.74, 6) is -0.321. The molecule has 0 radical (unpaired) electrons. The van der Waals surface area contributed by atoms with Crippen LogP contribution in [-0.2, 0) is 4.79 Å². The minimum atomic E-state index is -0.425. The SMILES string of the molecule is C=C(C)CN1CCCC1.CC(=O)c1ccc(N2CCCCC2)cc1.O=CNc1ccc(O)c(-c2ccccc2F)c1. The highest BCUT2D eigenvalue weighted by Crippen LogP contribution is 2.33. The number of phenols is 1. The first-order chi connectivity index (χ1) is 19.8. The molecule has 2 fully saturated rings. The van der Waals surface area contributed by atoms with Gasteiger partial charge in [-0.25, -0.2) is 4.39 Å². The molecule has 5 rings (SSSR count). The van der Waals surface area contributed by atoms with Crippen LogP contribution in [0.4, 0.5) is 15.8 Å². The fraction of sp³-hybridized carbons (Fsp3) is 0.353. The van der Waals surface area contributed by atoms with Crippen molar-refractivity contribution in [1.29, 1.82) is 0 Å². The van der Waals surface area contributed by atoms with Gasteiger partial charge in [-0.2, -0.15) is 0 Å². The van der Waals surface area contributed by atoms with Gasteiger partial charge < -0.3 is 15.3 Å². The molecule has 0 unspecified atom stereocenters. The van der Waals surface area contributed by atoms with Gasteiger partial charge in [-0.05, 0) is 108 Å². The summed E-state index contributed by atoms with van der Waals surface area (Å²) in [6.07, 6.45) is 7.21. The summed E-state index contributed by atoms with van der Waals surface area (Å²) in [5, 5.41) is 12.1. The van der Waals surface area contributed by atoms with E-state index in [1.165, 1.54) is 80.7 Å². The third kappa shape index (κ3) is 10.2. The first-order valence-corrected chi connectivity index (χ1v) is 14.3. The van der Waals surface area contributed by atoms with Crippen LogP contribution < -0.4 is 10.2 Å².